The van der Waals surface area contributed by atoms with E-state index in [1.54, 1.807) is 19.5 Å². The molecule has 1 aromatic rings. The van der Waals surface area contributed by atoms with Crippen molar-refractivity contribution in [3.63, 3.8) is 0 Å². The molecule has 3 N–H and O–H groups in total. The lowest BCUT2D eigenvalue weighted by atomic mass is 10.2. The third-order valence-electron chi connectivity index (χ3n) is 1.54. The summed E-state index contributed by atoms with van der Waals surface area (Å²) in [6, 6.07) is -0.0614. The van der Waals surface area contributed by atoms with Crippen molar-refractivity contribution in [3.05, 3.63) is 18.1 Å². The van der Waals surface area contributed by atoms with Crippen molar-refractivity contribution in [3.8, 4) is 5.88 Å². The lowest BCUT2D eigenvalue weighted by molar-refractivity contribution is 0.380. The molecule has 0 aliphatic rings. The summed E-state index contributed by atoms with van der Waals surface area (Å²) in [5.74, 6) is 5.76. The van der Waals surface area contributed by atoms with Crippen LogP contribution in [0.5, 0.6) is 5.88 Å². The zero-order valence-electron chi connectivity index (χ0n) is 7.11. The van der Waals surface area contributed by atoms with Crippen LogP contribution in [0.2, 0.25) is 0 Å². The molecule has 1 heterocycles. The molecule has 0 aromatic carbocycles. The van der Waals surface area contributed by atoms with Gasteiger partial charge < -0.3 is 4.74 Å². The fraction of sp³-hybridized carbons (Fsp3) is 0.429. The monoisotopic (exact) mass is 168 g/mol. The number of nitrogens with two attached hydrogens (primary N) is 1. The molecule has 0 aliphatic heterocycles. The minimum Gasteiger partial charge on any atom is -0.480 e. The Morgan fingerprint density at radius 2 is 2.17 bits per heavy atom. The molecule has 1 rings (SSSR count). The van der Waals surface area contributed by atoms with Gasteiger partial charge in [-0.25, -0.2) is 4.98 Å². The molecule has 1 unspecified atom stereocenters. The van der Waals surface area contributed by atoms with E-state index in [-0.39, 0.29) is 6.04 Å². The minimum absolute atomic E-state index is 0.0614. The van der Waals surface area contributed by atoms with Crippen LogP contribution in [0, 0.1) is 0 Å². The number of nitrogens with zero attached hydrogens (tertiary/aromatic N) is 2. The van der Waals surface area contributed by atoms with Gasteiger partial charge in [0.15, 0.2) is 0 Å². The Morgan fingerprint density at radius 1 is 1.50 bits per heavy atom. The summed E-state index contributed by atoms with van der Waals surface area (Å²) in [5.41, 5.74) is 3.28. The highest BCUT2D eigenvalue weighted by Gasteiger charge is 2.11. The van der Waals surface area contributed by atoms with E-state index in [9.17, 15) is 0 Å². The van der Waals surface area contributed by atoms with Gasteiger partial charge in [0.2, 0.25) is 5.88 Å². The van der Waals surface area contributed by atoms with Crippen LogP contribution < -0.4 is 16.0 Å². The van der Waals surface area contributed by atoms with E-state index >= 15 is 0 Å². The Kier molecular flexibility index (Phi) is 2.95. The summed E-state index contributed by atoms with van der Waals surface area (Å²) in [6.45, 7) is 1.88. The largest absolute Gasteiger partial charge is 0.480 e. The molecule has 0 aliphatic carbocycles. The van der Waals surface area contributed by atoms with Crippen LogP contribution in [0.4, 0.5) is 0 Å². The van der Waals surface area contributed by atoms with E-state index in [0.29, 0.717) is 11.6 Å². The number of hydrazine groups is 1. The first-order chi connectivity index (χ1) is 5.79. The van der Waals surface area contributed by atoms with Gasteiger partial charge in [-0.2, -0.15) is 0 Å². The molecule has 66 valence electrons. The van der Waals surface area contributed by atoms with Crippen molar-refractivity contribution in [1.29, 1.82) is 0 Å². The van der Waals surface area contributed by atoms with Gasteiger partial charge in [-0.1, -0.05) is 0 Å². The zero-order valence-corrected chi connectivity index (χ0v) is 7.11. The molecular formula is C7H12N4O. The van der Waals surface area contributed by atoms with Gasteiger partial charge in [0, 0.05) is 12.4 Å². The first kappa shape index (κ1) is 8.89. The predicted molar refractivity (Wildman–Crippen MR) is 44.3 cm³/mol. The van der Waals surface area contributed by atoms with Crippen LogP contribution in [0.25, 0.3) is 0 Å². The van der Waals surface area contributed by atoms with Gasteiger partial charge in [-0.05, 0) is 6.92 Å². The molecule has 0 amide bonds. The van der Waals surface area contributed by atoms with Crippen molar-refractivity contribution < 1.29 is 4.74 Å². The smallest absolute Gasteiger partial charge is 0.237 e. The van der Waals surface area contributed by atoms with E-state index in [0.717, 1.165) is 0 Å². The van der Waals surface area contributed by atoms with Crippen LogP contribution in [0.1, 0.15) is 18.7 Å². The standard InChI is InChI=1S/C7H12N4O/c1-5(11-8)6-7(12-2)10-4-3-9-6/h3-5,11H,8H2,1-2H3. The molecule has 0 radical (unpaired) electrons. The van der Waals surface area contributed by atoms with E-state index in [4.69, 9.17) is 10.6 Å². The van der Waals surface area contributed by atoms with Crippen LogP contribution in [0.15, 0.2) is 12.4 Å². The molecule has 5 heteroatoms. The SMILES string of the molecule is COc1nccnc1C(C)NN. The Hall–Kier alpha value is -1.20. The van der Waals surface area contributed by atoms with Crippen molar-refractivity contribution in [1.82, 2.24) is 15.4 Å². The first-order valence-corrected chi connectivity index (χ1v) is 3.60. The number of nitrogens with one attached hydrogen (secondary N) is 1. The molecule has 0 saturated carbocycles. The zero-order chi connectivity index (χ0) is 8.97. The van der Waals surface area contributed by atoms with Gasteiger partial charge in [0.1, 0.15) is 5.69 Å². The molecule has 1 atom stereocenters. The lowest BCUT2D eigenvalue weighted by Gasteiger charge is -2.11. The maximum absolute atomic E-state index is 5.25. The van der Waals surface area contributed by atoms with Crippen molar-refractivity contribution >= 4 is 0 Å². The fourth-order valence-electron chi connectivity index (χ4n) is 0.869. The van der Waals surface area contributed by atoms with Crippen LogP contribution >= 0.6 is 0 Å². The Balaban J connectivity index is 2.96. The Morgan fingerprint density at radius 3 is 2.75 bits per heavy atom. The van der Waals surface area contributed by atoms with Gasteiger partial charge in [-0.3, -0.25) is 16.3 Å². The van der Waals surface area contributed by atoms with Crippen LogP contribution in [0.3, 0.4) is 0 Å². The van der Waals surface area contributed by atoms with Crippen LogP contribution in [-0.2, 0) is 0 Å². The molecule has 0 bridgehead atoms. The number of ether oxygens (including phenoxy) is 1. The highest BCUT2D eigenvalue weighted by Crippen LogP contribution is 2.17. The van der Waals surface area contributed by atoms with Crippen molar-refractivity contribution in [2.45, 2.75) is 13.0 Å². The average Bonchev–Trinajstić information content (AvgIpc) is 2.16. The topological polar surface area (TPSA) is 73.1 Å². The van der Waals surface area contributed by atoms with Crippen LogP contribution in [-0.4, -0.2) is 17.1 Å². The molecule has 5 nitrogen and oxygen atoms in total. The van der Waals surface area contributed by atoms with E-state index < -0.39 is 0 Å². The predicted octanol–water partition coefficient (Wildman–Crippen LogP) is 0.00950. The average molecular weight is 168 g/mol. The van der Waals surface area contributed by atoms with Gasteiger partial charge >= 0.3 is 0 Å². The first-order valence-electron chi connectivity index (χ1n) is 3.60. The van der Waals surface area contributed by atoms with E-state index in [1.807, 2.05) is 6.92 Å². The molecular weight excluding hydrogens is 156 g/mol. The molecule has 0 fully saturated rings. The number of methoxy groups -OCH3 is 1. The van der Waals surface area contributed by atoms with Crippen molar-refractivity contribution in [2.24, 2.45) is 5.84 Å². The minimum atomic E-state index is -0.0614. The lowest BCUT2D eigenvalue weighted by Crippen LogP contribution is -2.26. The number of hydrogen-bond donors (Lipinski definition) is 2. The maximum Gasteiger partial charge on any atom is 0.237 e. The van der Waals surface area contributed by atoms with Gasteiger partial charge in [-0.15, -0.1) is 0 Å². The Bertz CT molecular complexity index is 253. The summed E-state index contributed by atoms with van der Waals surface area (Å²) in [6.07, 6.45) is 3.18. The molecule has 0 spiro atoms. The third-order valence-corrected chi connectivity index (χ3v) is 1.54. The van der Waals surface area contributed by atoms with Gasteiger partial charge in [0.25, 0.3) is 0 Å². The maximum atomic E-state index is 5.25. The number of rotatable bonds is 3. The Labute approximate surface area is 70.9 Å². The number of hydrogen-bond acceptors (Lipinski definition) is 5. The second-order valence-electron chi connectivity index (χ2n) is 2.34. The van der Waals surface area contributed by atoms with Gasteiger partial charge in [0.05, 0.1) is 13.2 Å². The summed E-state index contributed by atoms with van der Waals surface area (Å²) < 4.78 is 5.00. The molecule has 12 heavy (non-hydrogen) atoms. The summed E-state index contributed by atoms with van der Waals surface area (Å²) >= 11 is 0. The quantitative estimate of drug-likeness (QED) is 0.491. The second kappa shape index (κ2) is 3.99. The van der Waals surface area contributed by atoms with E-state index in [2.05, 4.69) is 15.4 Å². The highest BCUT2D eigenvalue weighted by molar-refractivity contribution is 5.20. The summed E-state index contributed by atoms with van der Waals surface area (Å²) in [5, 5.41) is 0. The second-order valence-corrected chi connectivity index (χ2v) is 2.34. The van der Waals surface area contributed by atoms with Crippen molar-refractivity contribution in [2.75, 3.05) is 7.11 Å². The summed E-state index contributed by atoms with van der Waals surface area (Å²) in [7, 11) is 1.55. The fourth-order valence-corrected chi connectivity index (χ4v) is 0.869. The normalized spacial score (nSPS) is 12.6. The molecule has 1 aromatic heterocycles. The molecule has 0 saturated heterocycles. The van der Waals surface area contributed by atoms with E-state index in [1.165, 1.54) is 0 Å². The number of aromatic nitrogens is 2. The summed E-state index contributed by atoms with van der Waals surface area (Å²) in [4.78, 5) is 8.08. The third kappa shape index (κ3) is 1.69. The highest BCUT2D eigenvalue weighted by atomic mass is 16.5.